The number of esters is 1. The van der Waals surface area contributed by atoms with E-state index in [1.807, 2.05) is 38.1 Å². The Morgan fingerprint density at radius 3 is 2.33 bits per heavy atom. The number of anilines is 1. The average molecular weight is 662 g/mol. The Morgan fingerprint density at radius 2 is 1.67 bits per heavy atom. The lowest BCUT2D eigenvalue weighted by Gasteiger charge is -2.45. The molecule has 6 rings (SSSR count). The number of methoxy groups -OCH3 is 2. The number of rotatable bonds is 7. The molecular formula is C39H51NO8. The number of allylic oxidation sites excluding steroid dienone is 5. The lowest BCUT2D eigenvalue weighted by molar-refractivity contribution is -0.152. The molecule has 11 atom stereocenters. The number of hydrogen-bond donors (Lipinski definition) is 2. The minimum absolute atomic E-state index is 0.0593. The summed E-state index contributed by atoms with van der Waals surface area (Å²) in [7, 11) is 2.98. The summed E-state index contributed by atoms with van der Waals surface area (Å²) in [6.45, 7) is 5.75. The molecule has 1 aliphatic heterocycles. The summed E-state index contributed by atoms with van der Waals surface area (Å²) in [4.78, 5) is 42.4. The molecule has 0 bridgehead atoms. The molecule has 5 aliphatic rings. The third-order valence-corrected chi connectivity index (χ3v) is 12.0. The summed E-state index contributed by atoms with van der Waals surface area (Å²) in [6, 6.07) is 7.40. The molecule has 0 radical (unpaired) electrons. The van der Waals surface area contributed by atoms with Crippen LogP contribution in [0.3, 0.4) is 0 Å². The summed E-state index contributed by atoms with van der Waals surface area (Å²) >= 11 is 0. The predicted molar refractivity (Wildman–Crippen MR) is 181 cm³/mol. The first-order valence-corrected chi connectivity index (χ1v) is 17.8. The molecule has 1 saturated heterocycles. The number of nitrogens with two attached hydrogens (primary N) is 1. The zero-order chi connectivity index (χ0) is 34.3. The summed E-state index contributed by atoms with van der Waals surface area (Å²) in [5.74, 6) is -0.667. The number of benzene rings is 1. The van der Waals surface area contributed by atoms with Gasteiger partial charge in [-0.15, -0.1) is 0 Å². The molecule has 1 aromatic carbocycles. The Labute approximate surface area is 283 Å². The first-order valence-electron chi connectivity index (χ1n) is 17.8. The van der Waals surface area contributed by atoms with E-state index in [1.165, 1.54) is 14.2 Å². The van der Waals surface area contributed by atoms with Gasteiger partial charge in [-0.2, -0.15) is 0 Å². The number of ketones is 2. The van der Waals surface area contributed by atoms with Crippen molar-refractivity contribution in [1.82, 2.24) is 0 Å². The Bertz CT molecular complexity index is 1490. The second-order valence-corrected chi connectivity index (χ2v) is 14.6. The molecule has 0 aromatic heterocycles. The summed E-state index contributed by atoms with van der Waals surface area (Å²) in [5.41, 5.74) is 8.80. The number of carbonyl (C=O) groups excluding carboxylic acids is 3. The number of aliphatic hydroxyl groups is 1. The SMILES string of the molecule is CC[C@H]1CCCC[C@@H](C)C(=O)C2=C[C@@H]3[C@@H](C4C(=O)C(c5ccc(N)cc5)=CC4C4C[C@@H](O[C@H](O)/C(OC)=C(/C)OC)C[C@H]43)[C@@H]2CC(=O)O1. The molecule has 4 aliphatic carbocycles. The van der Waals surface area contributed by atoms with Gasteiger partial charge in [-0.05, 0) is 98.3 Å². The number of aliphatic hydroxyl groups excluding tert-OH is 1. The monoisotopic (exact) mass is 661 g/mol. The van der Waals surface area contributed by atoms with Gasteiger partial charge in [0.05, 0.1) is 26.7 Å². The van der Waals surface area contributed by atoms with Gasteiger partial charge in [-0.3, -0.25) is 14.4 Å². The maximum atomic E-state index is 14.6. The van der Waals surface area contributed by atoms with Crippen LogP contribution in [0, 0.1) is 47.3 Å². The first kappa shape index (κ1) is 34.4. The maximum Gasteiger partial charge on any atom is 0.306 e. The summed E-state index contributed by atoms with van der Waals surface area (Å²) in [5, 5.41) is 11.0. The van der Waals surface area contributed by atoms with E-state index < -0.39 is 12.2 Å². The van der Waals surface area contributed by atoms with Gasteiger partial charge in [0.15, 0.2) is 17.3 Å². The molecule has 2 saturated carbocycles. The van der Waals surface area contributed by atoms with Crippen LogP contribution >= 0.6 is 0 Å². The summed E-state index contributed by atoms with van der Waals surface area (Å²) < 4.78 is 23.0. The lowest BCUT2D eigenvalue weighted by Crippen LogP contribution is -2.45. The van der Waals surface area contributed by atoms with Gasteiger partial charge < -0.3 is 29.8 Å². The standard InChI is InChI=1S/C39H51NO8/c1-6-24-10-8-7-9-20(2)36(42)32-18-29-27-15-25(48-39(44)38(46-5)21(3)45-4)16-28(27)30-17-26(22-11-13-23(40)14-12-22)37(43)35(30)34(29)31(32)19-33(41)47-24/h11-14,17-18,20,24-25,27-31,34-35,39,44H,6-10,15-16,19,40H2,1-5H3/b38-21+/t20-,24+,25+,27-,28?,29+,30?,31-,34-,35?,39+/m1/s1. The van der Waals surface area contributed by atoms with Crippen LogP contribution in [0.25, 0.3) is 5.57 Å². The number of fused-ring (bicyclic) bond motifs is 8. The van der Waals surface area contributed by atoms with Gasteiger partial charge in [0.1, 0.15) is 11.9 Å². The molecule has 3 fully saturated rings. The van der Waals surface area contributed by atoms with Crippen LogP contribution in [0.2, 0.25) is 0 Å². The van der Waals surface area contributed by atoms with Crippen molar-refractivity contribution in [3.63, 3.8) is 0 Å². The largest absolute Gasteiger partial charge is 0.498 e. The van der Waals surface area contributed by atoms with Gasteiger partial charge in [0.25, 0.3) is 0 Å². The Hall–Kier alpha value is -3.43. The van der Waals surface area contributed by atoms with Crippen molar-refractivity contribution in [3.05, 3.63) is 59.1 Å². The van der Waals surface area contributed by atoms with E-state index in [4.69, 9.17) is 24.7 Å². The van der Waals surface area contributed by atoms with Crippen molar-refractivity contribution in [1.29, 1.82) is 0 Å². The van der Waals surface area contributed by atoms with E-state index >= 15 is 0 Å². The molecule has 260 valence electrons. The zero-order valence-electron chi connectivity index (χ0n) is 28.9. The van der Waals surface area contributed by atoms with Gasteiger partial charge >= 0.3 is 5.97 Å². The number of carbonyl (C=O) groups is 3. The highest BCUT2D eigenvalue weighted by atomic mass is 16.6. The van der Waals surface area contributed by atoms with Crippen molar-refractivity contribution in [2.75, 3.05) is 20.0 Å². The fraction of sp³-hybridized carbons (Fsp3) is 0.615. The molecule has 1 aromatic rings. The fourth-order valence-corrected chi connectivity index (χ4v) is 9.59. The summed E-state index contributed by atoms with van der Waals surface area (Å²) in [6.07, 6.45) is 8.02. The van der Waals surface area contributed by atoms with Crippen LogP contribution in [-0.4, -0.2) is 55.4 Å². The van der Waals surface area contributed by atoms with Crippen molar-refractivity contribution in [2.45, 2.75) is 90.6 Å². The number of nitrogen functional groups attached to an aromatic ring is 1. The quantitative estimate of drug-likeness (QED) is 0.156. The molecule has 3 N–H and O–H groups in total. The van der Waals surface area contributed by atoms with Crippen molar-refractivity contribution in [2.24, 2.45) is 47.3 Å². The van der Waals surface area contributed by atoms with Gasteiger partial charge in [-0.1, -0.05) is 44.6 Å². The number of cyclic esters (lactones) is 1. The van der Waals surface area contributed by atoms with E-state index in [0.29, 0.717) is 35.4 Å². The molecule has 48 heavy (non-hydrogen) atoms. The normalized spacial score (nSPS) is 36.2. The smallest absolute Gasteiger partial charge is 0.306 e. The van der Waals surface area contributed by atoms with Crippen molar-refractivity contribution >= 4 is 28.8 Å². The molecular weight excluding hydrogens is 610 g/mol. The van der Waals surface area contributed by atoms with Crippen molar-refractivity contribution < 1.29 is 38.4 Å². The van der Waals surface area contributed by atoms with E-state index in [0.717, 1.165) is 37.7 Å². The molecule has 0 amide bonds. The van der Waals surface area contributed by atoms with Crippen LogP contribution in [0.1, 0.15) is 77.7 Å². The highest BCUT2D eigenvalue weighted by Gasteiger charge is 2.62. The third kappa shape index (κ3) is 6.36. The minimum Gasteiger partial charge on any atom is -0.498 e. The second kappa shape index (κ2) is 14.2. The lowest BCUT2D eigenvalue weighted by atomic mass is 9.57. The van der Waals surface area contributed by atoms with Crippen LogP contribution in [0.15, 0.2) is 53.5 Å². The maximum absolute atomic E-state index is 14.6. The fourth-order valence-electron chi connectivity index (χ4n) is 9.59. The minimum atomic E-state index is -1.31. The Morgan fingerprint density at radius 1 is 0.979 bits per heavy atom. The molecule has 9 heteroatoms. The van der Waals surface area contributed by atoms with Gasteiger partial charge in [-0.25, -0.2) is 0 Å². The highest BCUT2D eigenvalue weighted by molar-refractivity contribution is 6.24. The third-order valence-electron chi connectivity index (χ3n) is 12.0. The predicted octanol–water partition coefficient (Wildman–Crippen LogP) is 6.01. The molecule has 3 unspecified atom stereocenters. The van der Waals surface area contributed by atoms with Crippen LogP contribution in [0.4, 0.5) is 5.69 Å². The van der Waals surface area contributed by atoms with Crippen LogP contribution < -0.4 is 5.73 Å². The first-order chi connectivity index (χ1) is 23.1. The average Bonchev–Trinajstić information content (AvgIpc) is 3.75. The van der Waals surface area contributed by atoms with E-state index in [-0.39, 0.29) is 83.3 Å². The highest BCUT2D eigenvalue weighted by Crippen LogP contribution is 2.63. The molecule has 9 nitrogen and oxygen atoms in total. The topological polar surface area (TPSA) is 134 Å². The van der Waals surface area contributed by atoms with Crippen molar-refractivity contribution in [3.8, 4) is 0 Å². The van der Waals surface area contributed by atoms with E-state index in [9.17, 15) is 19.5 Å². The van der Waals surface area contributed by atoms with Crippen LogP contribution in [-0.2, 0) is 33.3 Å². The number of ether oxygens (including phenoxy) is 4. The van der Waals surface area contributed by atoms with E-state index in [2.05, 4.69) is 12.2 Å². The van der Waals surface area contributed by atoms with Crippen LogP contribution in [0.5, 0.6) is 0 Å². The Balaban J connectivity index is 1.39. The molecule has 1 heterocycles. The Kier molecular flexibility index (Phi) is 10.2. The molecule has 0 spiro atoms. The van der Waals surface area contributed by atoms with Gasteiger partial charge in [0, 0.05) is 29.0 Å². The number of Topliss-reactive ketones (excluding diaryl/α,β-unsaturated/α-hetero) is 2. The second-order valence-electron chi connectivity index (χ2n) is 14.6. The zero-order valence-corrected chi connectivity index (χ0v) is 28.9. The number of hydrogen-bond acceptors (Lipinski definition) is 9. The van der Waals surface area contributed by atoms with Gasteiger partial charge in [0.2, 0.25) is 6.29 Å². The van der Waals surface area contributed by atoms with E-state index in [1.54, 1.807) is 6.92 Å².